The average Bonchev–Trinajstić information content (AvgIpc) is 2.87. The number of benzene rings is 1. The molecule has 0 saturated carbocycles. The molecule has 1 aliphatic rings. The molecule has 2 atom stereocenters. The van der Waals surface area contributed by atoms with Crippen LogP contribution in [0.15, 0.2) is 24.3 Å². The summed E-state index contributed by atoms with van der Waals surface area (Å²) in [4.78, 5) is 25.9. The number of hydrogen-bond acceptors (Lipinski definition) is 4. The van der Waals surface area contributed by atoms with Crippen LogP contribution in [0.4, 0.5) is 4.79 Å². The Hall–Kier alpha value is -1.79. The fraction of sp³-hybridized carbons (Fsp3) is 0.529. The van der Waals surface area contributed by atoms with Gasteiger partial charge >= 0.3 is 6.09 Å². The van der Waals surface area contributed by atoms with Crippen molar-refractivity contribution in [2.45, 2.75) is 51.5 Å². The second kappa shape index (κ2) is 7.40. The molecule has 7 heteroatoms. The van der Waals surface area contributed by atoms with Gasteiger partial charge in [0.25, 0.3) is 0 Å². The van der Waals surface area contributed by atoms with Crippen molar-refractivity contribution in [2.75, 3.05) is 6.54 Å². The molecule has 1 aromatic rings. The van der Waals surface area contributed by atoms with Gasteiger partial charge < -0.3 is 15.2 Å². The van der Waals surface area contributed by atoms with E-state index in [1.54, 1.807) is 32.9 Å². The molecule has 132 valence electrons. The summed E-state index contributed by atoms with van der Waals surface area (Å²) in [5, 5.41) is 13.2. The van der Waals surface area contributed by atoms with Gasteiger partial charge in [0.1, 0.15) is 11.6 Å². The topological polar surface area (TPSA) is 78.9 Å². The molecule has 0 spiro atoms. The second-order valence-electron chi connectivity index (χ2n) is 6.88. The fourth-order valence-corrected chi connectivity index (χ4v) is 2.62. The highest BCUT2D eigenvalue weighted by Crippen LogP contribution is 2.21. The van der Waals surface area contributed by atoms with Crippen LogP contribution in [-0.4, -0.2) is 46.3 Å². The van der Waals surface area contributed by atoms with Gasteiger partial charge in [-0.1, -0.05) is 23.7 Å². The number of nitrogens with zero attached hydrogens (tertiary/aromatic N) is 1. The van der Waals surface area contributed by atoms with Crippen LogP contribution >= 0.6 is 11.6 Å². The summed E-state index contributed by atoms with van der Waals surface area (Å²) in [6, 6.07) is 6.39. The first-order valence-electron chi connectivity index (χ1n) is 7.85. The molecule has 0 aromatic heterocycles. The number of carbonyl (C=O) groups excluding carboxylic acids is 2. The maximum absolute atomic E-state index is 12.4. The molecule has 1 heterocycles. The van der Waals surface area contributed by atoms with Crippen molar-refractivity contribution >= 4 is 23.6 Å². The van der Waals surface area contributed by atoms with Gasteiger partial charge in [0.15, 0.2) is 0 Å². The van der Waals surface area contributed by atoms with Crippen molar-refractivity contribution in [1.29, 1.82) is 0 Å². The largest absolute Gasteiger partial charge is 0.444 e. The van der Waals surface area contributed by atoms with E-state index in [4.69, 9.17) is 16.3 Å². The molecule has 1 saturated heterocycles. The van der Waals surface area contributed by atoms with Gasteiger partial charge in [-0.25, -0.2) is 4.79 Å². The highest BCUT2D eigenvalue weighted by molar-refractivity contribution is 6.30. The van der Waals surface area contributed by atoms with Crippen LogP contribution in [0.1, 0.15) is 32.8 Å². The molecular weight excluding hydrogens is 332 g/mol. The summed E-state index contributed by atoms with van der Waals surface area (Å²) in [5.74, 6) is -0.313. The van der Waals surface area contributed by atoms with Crippen LogP contribution in [0, 0.1) is 0 Å². The van der Waals surface area contributed by atoms with Crippen LogP contribution < -0.4 is 5.32 Å². The Labute approximate surface area is 146 Å². The summed E-state index contributed by atoms with van der Waals surface area (Å²) >= 11 is 5.83. The summed E-state index contributed by atoms with van der Waals surface area (Å²) in [6.45, 7) is 5.69. The first-order valence-corrected chi connectivity index (χ1v) is 8.23. The van der Waals surface area contributed by atoms with Crippen molar-refractivity contribution in [3.05, 3.63) is 34.9 Å². The third kappa shape index (κ3) is 5.11. The minimum atomic E-state index is -0.734. The number of amides is 2. The first-order chi connectivity index (χ1) is 11.2. The molecule has 0 aliphatic carbocycles. The highest BCUT2D eigenvalue weighted by atomic mass is 35.5. The summed E-state index contributed by atoms with van der Waals surface area (Å²) in [5.41, 5.74) is 0.240. The van der Waals surface area contributed by atoms with E-state index >= 15 is 0 Å². The van der Waals surface area contributed by atoms with Crippen LogP contribution in [-0.2, 0) is 16.1 Å². The van der Waals surface area contributed by atoms with Crippen molar-refractivity contribution in [2.24, 2.45) is 0 Å². The number of β-amino-alcohol motifs (C(OH)–C–C–N with tert-alkyl or cyclic N) is 1. The number of aliphatic hydroxyl groups excluding tert-OH is 1. The van der Waals surface area contributed by atoms with Crippen LogP contribution in [0.2, 0.25) is 5.02 Å². The average molecular weight is 355 g/mol. The van der Waals surface area contributed by atoms with E-state index in [2.05, 4.69) is 5.32 Å². The predicted octanol–water partition coefficient (Wildman–Crippen LogP) is 2.33. The number of rotatable bonds is 3. The summed E-state index contributed by atoms with van der Waals surface area (Å²) < 4.78 is 5.31. The summed E-state index contributed by atoms with van der Waals surface area (Å²) in [7, 11) is 0. The quantitative estimate of drug-likeness (QED) is 0.873. The number of hydrogen-bond donors (Lipinski definition) is 2. The molecule has 1 aliphatic heterocycles. The van der Waals surface area contributed by atoms with E-state index in [0.29, 0.717) is 11.6 Å². The molecule has 2 N–H and O–H groups in total. The molecule has 0 bridgehead atoms. The van der Waals surface area contributed by atoms with Gasteiger partial charge in [-0.2, -0.15) is 0 Å². The molecule has 1 fully saturated rings. The molecule has 24 heavy (non-hydrogen) atoms. The second-order valence-corrected chi connectivity index (χ2v) is 7.32. The van der Waals surface area contributed by atoms with Crippen LogP contribution in [0.5, 0.6) is 0 Å². The van der Waals surface area contributed by atoms with E-state index in [-0.39, 0.29) is 18.9 Å². The van der Waals surface area contributed by atoms with Crippen molar-refractivity contribution in [3.8, 4) is 0 Å². The predicted molar refractivity (Wildman–Crippen MR) is 90.7 cm³/mol. The Bertz CT molecular complexity index is 598. The Morgan fingerprint density at radius 3 is 2.54 bits per heavy atom. The van der Waals surface area contributed by atoms with Crippen LogP contribution in [0.3, 0.4) is 0 Å². The number of halogens is 1. The smallest absolute Gasteiger partial charge is 0.411 e. The normalized spacial score (nSPS) is 20.8. The minimum Gasteiger partial charge on any atom is -0.444 e. The Morgan fingerprint density at radius 2 is 1.96 bits per heavy atom. The SMILES string of the molecule is CC(C)(C)OC(=O)N1C[C@H](O)C[C@H]1C(=O)NCc1ccc(Cl)cc1. The van der Waals surface area contributed by atoms with E-state index in [0.717, 1.165) is 5.56 Å². The zero-order chi connectivity index (χ0) is 17.9. The van der Waals surface area contributed by atoms with Crippen molar-refractivity contribution in [3.63, 3.8) is 0 Å². The zero-order valence-corrected chi connectivity index (χ0v) is 14.8. The van der Waals surface area contributed by atoms with Gasteiger partial charge in [-0.15, -0.1) is 0 Å². The van der Waals surface area contributed by atoms with E-state index in [1.807, 2.05) is 12.1 Å². The lowest BCUT2D eigenvalue weighted by Crippen LogP contribution is -2.47. The number of ether oxygens (including phenoxy) is 1. The van der Waals surface area contributed by atoms with E-state index < -0.39 is 23.8 Å². The highest BCUT2D eigenvalue weighted by Gasteiger charge is 2.40. The van der Waals surface area contributed by atoms with Crippen molar-refractivity contribution < 1.29 is 19.4 Å². The van der Waals surface area contributed by atoms with Crippen LogP contribution in [0.25, 0.3) is 0 Å². The number of nitrogens with one attached hydrogen (secondary N) is 1. The maximum Gasteiger partial charge on any atom is 0.411 e. The Balaban J connectivity index is 1.98. The Kier molecular flexibility index (Phi) is 5.72. The summed E-state index contributed by atoms with van der Waals surface area (Å²) in [6.07, 6.45) is -1.12. The zero-order valence-electron chi connectivity index (χ0n) is 14.1. The standard InChI is InChI=1S/C17H23ClN2O4/c1-17(2,3)24-16(23)20-10-13(21)8-14(20)15(22)19-9-11-4-6-12(18)7-5-11/h4-7,13-14,21H,8-10H2,1-3H3,(H,19,22)/t13-,14+/m1/s1. The molecule has 0 unspecified atom stereocenters. The van der Waals surface area contributed by atoms with Crippen molar-refractivity contribution in [1.82, 2.24) is 10.2 Å². The lowest BCUT2D eigenvalue weighted by molar-refractivity contribution is -0.125. The Morgan fingerprint density at radius 1 is 1.33 bits per heavy atom. The lowest BCUT2D eigenvalue weighted by Gasteiger charge is -2.27. The lowest BCUT2D eigenvalue weighted by atomic mass is 10.1. The number of likely N-dealkylation sites (tertiary alicyclic amines) is 1. The van der Waals surface area contributed by atoms with Gasteiger partial charge in [-0.3, -0.25) is 9.69 Å². The fourth-order valence-electron chi connectivity index (χ4n) is 2.49. The maximum atomic E-state index is 12.4. The van der Waals surface area contributed by atoms with Gasteiger partial charge in [0.05, 0.1) is 12.6 Å². The van der Waals surface area contributed by atoms with Gasteiger partial charge in [-0.05, 0) is 38.5 Å². The molecule has 6 nitrogen and oxygen atoms in total. The third-order valence-corrected chi connectivity index (χ3v) is 3.84. The van der Waals surface area contributed by atoms with E-state index in [1.165, 1.54) is 4.90 Å². The van der Waals surface area contributed by atoms with Gasteiger partial charge in [0, 0.05) is 18.0 Å². The number of aliphatic hydroxyl groups is 1. The first kappa shape index (κ1) is 18.5. The minimum absolute atomic E-state index is 0.0912. The third-order valence-electron chi connectivity index (χ3n) is 3.59. The molecular formula is C17H23ClN2O4. The molecule has 0 radical (unpaired) electrons. The molecule has 2 rings (SSSR count). The molecule has 1 aromatic carbocycles. The van der Waals surface area contributed by atoms with E-state index in [9.17, 15) is 14.7 Å². The molecule has 2 amide bonds. The monoisotopic (exact) mass is 354 g/mol. The van der Waals surface area contributed by atoms with Gasteiger partial charge in [0.2, 0.25) is 5.91 Å². The number of carbonyl (C=O) groups is 2.